The highest BCUT2D eigenvalue weighted by molar-refractivity contribution is 5.71. The fraction of sp³-hybridized carbons (Fsp3) is 0.571. The molecule has 0 aromatic carbocycles. The van der Waals surface area contributed by atoms with E-state index in [1.165, 1.54) is 5.57 Å². The topological polar surface area (TPSA) is 52.3 Å². The molecular weight excluding hydrogens is 130 g/mol. The number of esters is 1. The first-order valence-electron chi connectivity index (χ1n) is 3.27. The maximum atomic E-state index is 10.5. The van der Waals surface area contributed by atoms with Crippen molar-refractivity contribution in [3.8, 4) is 0 Å². The predicted octanol–water partition coefficient (Wildman–Crippen LogP) is 0.0644. The van der Waals surface area contributed by atoms with Crippen LogP contribution in [0.3, 0.4) is 0 Å². The molecule has 1 unspecified atom stereocenters. The third-order valence-electron chi connectivity index (χ3n) is 1.54. The smallest absolute Gasteiger partial charge is 0.319 e. The SMILES string of the molecule is C=C1CC1COC(=O)CN. The molecule has 1 saturated carbocycles. The van der Waals surface area contributed by atoms with Gasteiger partial charge in [0.05, 0.1) is 13.2 Å². The largest absolute Gasteiger partial charge is 0.464 e. The average molecular weight is 141 g/mol. The van der Waals surface area contributed by atoms with Crippen LogP contribution in [0.15, 0.2) is 12.2 Å². The van der Waals surface area contributed by atoms with E-state index in [0.29, 0.717) is 12.5 Å². The number of carbonyl (C=O) groups is 1. The summed E-state index contributed by atoms with van der Waals surface area (Å²) in [5.74, 6) is 0.0789. The number of hydrogen-bond acceptors (Lipinski definition) is 3. The monoisotopic (exact) mass is 141 g/mol. The van der Waals surface area contributed by atoms with Crippen molar-refractivity contribution in [3.63, 3.8) is 0 Å². The van der Waals surface area contributed by atoms with Gasteiger partial charge in [0.25, 0.3) is 0 Å². The molecule has 1 rings (SSSR count). The van der Waals surface area contributed by atoms with E-state index in [1.807, 2.05) is 0 Å². The summed E-state index contributed by atoms with van der Waals surface area (Å²) in [6, 6.07) is 0. The molecule has 0 amide bonds. The van der Waals surface area contributed by atoms with Gasteiger partial charge in [-0.15, -0.1) is 0 Å². The number of nitrogens with two attached hydrogens (primary N) is 1. The molecule has 1 atom stereocenters. The average Bonchev–Trinajstić information content (AvgIpc) is 2.61. The van der Waals surface area contributed by atoms with E-state index in [4.69, 9.17) is 10.5 Å². The van der Waals surface area contributed by atoms with Gasteiger partial charge >= 0.3 is 5.97 Å². The molecule has 0 spiro atoms. The second-order valence-electron chi connectivity index (χ2n) is 2.45. The van der Waals surface area contributed by atoms with Crippen LogP contribution in [0.5, 0.6) is 0 Å². The van der Waals surface area contributed by atoms with Gasteiger partial charge in [-0.25, -0.2) is 0 Å². The molecule has 0 saturated heterocycles. The lowest BCUT2D eigenvalue weighted by molar-refractivity contribution is -0.142. The van der Waals surface area contributed by atoms with Gasteiger partial charge in [-0.1, -0.05) is 12.2 Å². The highest BCUT2D eigenvalue weighted by atomic mass is 16.5. The second-order valence-corrected chi connectivity index (χ2v) is 2.45. The Balaban J connectivity index is 2.06. The molecule has 0 heterocycles. The quantitative estimate of drug-likeness (QED) is 0.447. The summed E-state index contributed by atoms with van der Waals surface area (Å²) in [6.45, 7) is 4.17. The summed E-state index contributed by atoms with van der Waals surface area (Å²) < 4.78 is 4.76. The van der Waals surface area contributed by atoms with Crippen molar-refractivity contribution in [1.29, 1.82) is 0 Å². The minimum Gasteiger partial charge on any atom is -0.464 e. The zero-order chi connectivity index (χ0) is 7.56. The van der Waals surface area contributed by atoms with Gasteiger partial charge < -0.3 is 10.5 Å². The molecule has 0 aromatic rings. The Morgan fingerprint density at radius 2 is 2.50 bits per heavy atom. The van der Waals surface area contributed by atoms with Crippen LogP contribution in [0.25, 0.3) is 0 Å². The van der Waals surface area contributed by atoms with Gasteiger partial charge in [0, 0.05) is 5.92 Å². The highest BCUT2D eigenvalue weighted by Gasteiger charge is 2.28. The summed E-state index contributed by atoms with van der Waals surface area (Å²) in [7, 11) is 0. The lowest BCUT2D eigenvalue weighted by Gasteiger charge is -1.98. The van der Waals surface area contributed by atoms with Crippen molar-refractivity contribution in [2.45, 2.75) is 6.42 Å². The van der Waals surface area contributed by atoms with E-state index in [0.717, 1.165) is 6.42 Å². The van der Waals surface area contributed by atoms with Gasteiger partial charge in [-0.2, -0.15) is 0 Å². The van der Waals surface area contributed by atoms with Crippen molar-refractivity contribution >= 4 is 5.97 Å². The summed E-state index contributed by atoms with van der Waals surface area (Å²) in [5.41, 5.74) is 6.19. The van der Waals surface area contributed by atoms with Gasteiger partial charge in [0.2, 0.25) is 0 Å². The normalized spacial score (nSPS) is 22.5. The van der Waals surface area contributed by atoms with Gasteiger partial charge in [-0.05, 0) is 6.42 Å². The first kappa shape index (κ1) is 7.28. The van der Waals surface area contributed by atoms with E-state index in [2.05, 4.69) is 6.58 Å². The minimum absolute atomic E-state index is 0.0286. The molecule has 3 nitrogen and oxygen atoms in total. The van der Waals surface area contributed by atoms with E-state index in [-0.39, 0.29) is 12.5 Å². The van der Waals surface area contributed by atoms with E-state index < -0.39 is 0 Å². The molecule has 3 heteroatoms. The van der Waals surface area contributed by atoms with E-state index in [1.54, 1.807) is 0 Å². The maximum absolute atomic E-state index is 10.5. The van der Waals surface area contributed by atoms with Crippen molar-refractivity contribution < 1.29 is 9.53 Å². The number of rotatable bonds is 3. The predicted molar refractivity (Wildman–Crippen MR) is 37.3 cm³/mol. The molecule has 2 N–H and O–H groups in total. The fourth-order valence-electron chi connectivity index (χ4n) is 0.687. The van der Waals surface area contributed by atoms with Gasteiger partial charge in [0.1, 0.15) is 0 Å². The lowest BCUT2D eigenvalue weighted by atomic mass is 10.4. The van der Waals surface area contributed by atoms with E-state index >= 15 is 0 Å². The summed E-state index contributed by atoms with van der Waals surface area (Å²) in [5, 5.41) is 0. The van der Waals surface area contributed by atoms with E-state index in [9.17, 15) is 4.79 Å². The van der Waals surface area contributed by atoms with Gasteiger partial charge in [-0.3, -0.25) is 4.79 Å². The second kappa shape index (κ2) is 2.84. The molecule has 56 valence electrons. The lowest BCUT2D eigenvalue weighted by Crippen LogP contribution is -2.17. The fourth-order valence-corrected chi connectivity index (χ4v) is 0.687. The van der Waals surface area contributed by atoms with Crippen molar-refractivity contribution in [2.75, 3.05) is 13.2 Å². The molecule has 1 aliphatic rings. The Morgan fingerprint density at radius 3 is 2.90 bits per heavy atom. The van der Waals surface area contributed by atoms with Crippen LogP contribution in [0.4, 0.5) is 0 Å². The maximum Gasteiger partial charge on any atom is 0.319 e. The third-order valence-corrected chi connectivity index (χ3v) is 1.54. The first-order valence-corrected chi connectivity index (χ1v) is 3.27. The van der Waals surface area contributed by atoms with Crippen molar-refractivity contribution in [1.82, 2.24) is 0 Å². The summed E-state index contributed by atoms with van der Waals surface area (Å²) >= 11 is 0. The third kappa shape index (κ3) is 1.84. The molecule has 10 heavy (non-hydrogen) atoms. The minimum atomic E-state index is -0.334. The van der Waals surface area contributed by atoms with Crippen LogP contribution < -0.4 is 5.73 Å². The number of ether oxygens (including phenoxy) is 1. The molecule has 0 aromatic heterocycles. The van der Waals surface area contributed by atoms with Crippen LogP contribution in [-0.2, 0) is 9.53 Å². The first-order chi connectivity index (χ1) is 4.74. The molecular formula is C7H11NO2. The Morgan fingerprint density at radius 1 is 1.90 bits per heavy atom. The number of carbonyl (C=O) groups excluding carboxylic acids is 1. The Kier molecular flexibility index (Phi) is 2.06. The standard InChI is InChI=1S/C7H11NO2/c1-5-2-6(5)4-10-7(9)3-8/h6H,1-4,8H2. The number of hydrogen-bond donors (Lipinski definition) is 1. The summed E-state index contributed by atoms with van der Waals surface area (Å²) in [6.07, 6.45) is 0.998. The van der Waals surface area contributed by atoms with Crippen LogP contribution in [0, 0.1) is 5.92 Å². The zero-order valence-corrected chi connectivity index (χ0v) is 5.80. The molecule has 1 aliphatic carbocycles. The molecule has 0 radical (unpaired) electrons. The van der Waals surface area contributed by atoms with Crippen LogP contribution in [-0.4, -0.2) is 19.1 Å². The van der Waals surface area contributed by atoms with Crippen LogP contribution in [0.2, 0.25) is 0 Å². The van der Waals surface area contributed by atoms with Gasteiger partial charge in [0.15, 0.2) is 0 Å². The zero-order valence-electron chi connectivity index (χ0n) is 5.80. The summed E-state index contributed by atoms with van der Waals surface area (Å²) in [4.78, 5) is 10.5. The molecule has 1 fully saturated rings. The molecule has 0 aliphatic heterocycles. The molecule has 0 bridgehead atoms. The Hall–Kier alpha value is -0.830. The van der Waals surface area contributed by atoms with Crippen molar-refractivity contribution in [3.05, 3.63) is 12.2 Å². The Labute approximate surface area is 59.8 Å². The highest BCUT2D eigenvalue weighted by Crippen LogP contribution is 2.35. The Bertz CT molecular complexity index is 165. The van der Waals surface area contributed by atoms with Crippen LogP contribution in [0.1, 0.15) is 6.42 Å². The van der Waals surface area contributed by atoms with Crippen molar-refractivity contribution in [2.24, 2.45) is 11.7 Å². The van der Waals surface area contributed by atoms with Crippen LogP contribution >= 0.6 is 0 Å².